The zero-order chi connectivity index (χ0) is 18.4. The molecule has 1 aromatic carbocycles. The van der Waals surface area contributed by atoms with Crippen LogP contribution < -0.4 is 5.30 Å². The number of aryl methyl sites for hydroxylation is 1. The van der Waals surface area contributed by atoms with Gasteiger partial charge in [-0.15, -0.1) is 0 Å². The average Bonchev–Trinajstić information content (AvgIpc) is 2.68. The molecule has 0 aliphatic heterocycles. The van der Waals surface area contributed by atoms with Gasteiger partial charge < -0.3 is 9.05 Å². The van der Waals surface area contributed by atoms with Gasteiger partial charge in [-0.2, -0.15) is 0 Å². The molecule has 1 aromatic rings. The first kappa shape index (κ1) is 20.1. The van der Waals surface area contributed by atoms with E-state index in [-0.39, 0.29) is 12.2 Å². The lowest BCUT2D eigenvalue weighted by Gasteiger charge is -2.32. The molecule has 2 fully saturated rings. The van der Waals surface area contributed by atoms with Gasteiger partial charge >= 0.3 is 7.60 Å². The lowest BCUT2D eigenvalue weighted by Crippen LogP contribution is -2.26. The van der Waals surface area contributed by atoms with Gasteiger partial charge in [0.25, 0.3) is 0 Å². The van der Waals surface area contributed by atoms with E-state index in [4.69, 9.17) is 9.05 Å². The summed E-state index contributed by atoms with van der Waals surface area (Å²) in [5.41, 5.74) is 2.44. The molecule has 4 heteroatoms. The minimum atomic E-state index is -3.30. The zero-order valence-electron chi connectivity index (χ0n) is 16.5. The summed E-state index contributed by atoms with van der Waals surface area (Å²) in [6.45, 7) is 4.30. The fraction of sp³-hybridized carbons (Fsp3) is 0.727. The molecular formula is C22H35O3P. The molecule has 0 amide bonds. The van der Waals surface area contributed by atoms with Crippen molar-refractivity contribution >= 4 is 12.9 Å². The van der Waals surface area contributed by atoms with Crippen LogP contribution in [0.25, 0.3) is 0 Å². The molecule has 0 N–H and O–H groups in total. The van der Waals surface area contributed by atoms with E-state index >= 15 is 0 Å². The summed E-state index contributed by atoms with van der Waals surface area (Å²) >= 11 is 0. The molecule has 3 nitrogen and oxygen atoms in total. The van der Waals surface area contributed by atoms with Gasteiger partial charge in [-0.05, 0) is 55.7 Å². The highest BCUT2D eigenvalue weighted by Gasteiger charge is 2.37. The number of rotatable bonds is 7. The standard InChI is InChI=1S/C22H35O3P/c1-3-18-12-11-17-22(21(18)4-2)26(23,24-19-13-7-5-8-14-19)25-20-15-9-6-10-16-20/h11-12,17,19-20H,3-10,13-16H2,1-2H3. The number of hydrogen-bond donors (Lipinski definition) is 0. The van der Waals surface area contributed by atoms with Crippen LogP contribution >= 0.6 is 7.60 Å². The lowest BCUT2D eigenvalue weighted by atomic mass is 9.98. The minimum absolute atomic E-state index is 0.0770. The summed E-state index contributed by atoms with van der Waals surface area (Å²) in [5, 5.41) is 0.829. The highest BCUT2D eigenvalue weighted by Crippen LogP contribution is 2.53. The molecule has 2 aliphatic carbocycles. The molecule has 0 radical (unpaired) electrons. The Bertz CT molecular complexity index is 592. The molecule has 0 bridgehead atoms. The predicted molar refractivity (Wildman–Crippen MR) is 108 cm³/mol. The maximum absolute atomic E-state index is 14.2. The number of hydrogen-bond acceptors (Lipinski definition) is 3. The maximum atomic E-state index is 14.2. The molecule has 0 heterocycles. The third-order valence-corrected chi connectivity index (χ3v) is 8.12. The molecular weight excluding hydrogens is 343 g/mol. The predicted octanol–water partition coefficient (Wildman–Crippen LogP) is 6.33. The van der Waals surface area contributed by atoms with Crippen LogP contribution in [0.4, 0.5) is 0 Å². The molecule has 0 aromatic heterocycles. The van der Waals surface area contributed by atoms with Crippen LogP contribution in [-0.2, 0) is 26.5 Å². The summed E-state index contributed by atoms with van der Waals surface area (Å²) < 4.78 is 26.8. The van der Waals surface area contributed by atoms with Gasteiger partial charge in [-0.25, -0.2) is 0 Å². The fourth-order valence-corrected chi connectivity index (χ4v) is 6.87. The van der Waals surface area contributed by atoms with Crippen LogP contribution in [0.1, 0.15) is 89.2 Å². The highest BCUT2D eigenvalue weighted by atomic mass is 31.2. The van der Waals surface area contributed by atoms with Crippen molar-refractivity contribution in [2.24, 2.45) is 0 Å². The Labute approximate surface area is 159 Å². The molecule has 26 heavy (non-hydrogen) atoms. The van der Waals surface area contributed by atoms with Crippen molar-refractivity contribution in [1.82, 2.24) is 0 Å². The Morgan fingerprint density at radius 2 is 1.38 bits per heavy atom. The van der Waals surface area contributed by atoms with E-state index in [1.54, 1.807) is 0 Å². The summed E-state index contributed by atoms with van der Waals surface area (Å²) in [5.74, 6) is 0. The zero-order valence-corrected chi connectivity index (χ0v) is 17.4. The van der Waals surface area contributed by atoms with Crippen molar-refractivity contribution in [3.05, 3.63) is 29.3 Å². The Kier molecular flexibility index (Phi) is 7.37. The van der Waals surface area contributed by atoms with Crippen molar-refractivity contribution in [2.45, 2.75) is 103 Å². The molecule has 3 rings (SSSR count). The Morgan fingerprint density at radius 3 is 1.85 bits per heavy atom. The Morgan fingerprint density at radius 1 is 0.846 bits per heavy atom. The summed E-state index contributed by atoms with van der Waals surface area (Å²) in [7, 11) is -3.30. The van der Waals surface area contributed by atoms with Gasteiger partial charge in [0.1, 0.15) is 0 Å². The fourth-order valence-electron chi connectivity index (χ4n) is 4.49. The maximum Gasteiger partial charge on any atom is 0.362 e. The van der Waals surface area contributed by atoms with Crippen LogP contribution in [0, 0.1) is 0 Å². The molecule has 2 aliphatic rings. The third-order valence-electron chi connectivity index (χ3n) is 5.96. The monoisotopic (exact) mass is 378 g/mol. The average molecular weight is 378 g/mol. The normalized spacial score (nSPS) is 20.4. The van der Waals surface area contributed by atoms with Crippen molar-refractivity contribution in [1.29, 1.82) is 0 Å². The van der Waals surface area contributed by atoms with Gasteiger partial charge in [0.2, 0.25) is 0 Å². The van der Waals surface area contributed by atoms with Crippen molar-refractivity contribution in [3.8, 4) is 0 Å². The molecule has 0 atom stereocenters. The molecule has 146 valence electrons. The summed E-state index contributed by atoms with van der Waals surface area (Å²) in [4.78, 5) is 0. The first-order valence-corrected chi connectivity index (χ1v) is 12.3. The topological polar surface area (TPSA) is 35.5 Å². The molecule has 2 saturated carbocycles. The Balaban J connectivity index is 1.92. The first-order valence-electron chi connectivity index (χ1n) is 10.7. The van der Waals surface area contributed by atoms with Crippen LogP contribution in [0.3, 0.4) is 0 Å². The van der Waals surface area contributed by atoms with Gasteiger partial charge in [-0.1, -0.05) is 64.5 Å². The third kappa shape index (κ3) is 4.80. The van der Waals surface area contributed by atoms with Crippen LogP contribution in [0.5, 0.6) is 0 Å². The van der Waals surface area contributed by atoms with Crippen molar-refractivity contribution in [3.63, 3.8) is 0 Å². The smallest absolute Gasteiger partial charge is 0.302 e. The molecule has 0 saturated heterocycles. The number of benzene rings is 1. The van der Waals surface area contributed by atoms with Gasteiger partial charge in [0.15, 0.2) is 0 Å². The quantitative estimate of drug-likeness (QED) is 0.520. The lowest BCUT2D eigenvalue weighted by molar-refractivity contribution is 0.0845. The summed E-state index contributed by atoms with van der Waals surface area (Å²) in [6.07, 6.45) is 13.2. The molecule has 0 unspecified atom stereocenters. The second-order valence-electron chi connectivity index (χ2n) is 7.85. The van der Waals surface area contributed by atoms with Crippen LogP contribution in [0.15, 0.2) is 18.2 Å². The van der Waals surface area contributed by atoms with Crippen molar-refractivity contribution in [2.75, 3.05) is 0 Å². The van der Waals surface area contributed by atoms with E-state index in [2.05, 4.69) is 19.9 Å². The van der Waals surface area contributed by atoms with E-state index < -0.39 is 7.60 Å². The van der Waals surface area contributed by atoms with Gasteiger partial charge in [0.05, 0.1) is 17.5 Å². The van der Waals surface area contributed by atoms with E-state index in [9.17, 15) is 4.57 Å². The van der Waals surface area contributed by atoms with Gasteiger partial charge in [-0.3, -0.25) is 4.57 Å². The van der Waals surface area contributed by atoms with Crippen LogP contribution in [-0.4, -0.2) is 12.2 Å². The minimum Gasteiger partial charge on any atom is -0.302 e. The van der Waals surface area contributed by atoms with E-state index in [0.717, 1.165) is 43.8 Å². The van der Waals surface area contributed by atoms with E-state index in [0.29, 0.717) is 0 Å². The second kappa shape index (κ2) is 9.53. The largest absolute Gasteiger partial charge is 0.362 e. The first-order chi connectivity index (χ1) is 12.7. The van der Waals surface area contributed by atoms with E-state index in [1.165, 1.54) is 49.7 Å². The molecule has 0 spiro atoms. The summed E-state index contributed by atoms with van der Waals surface area (Å²) in [6, 6.07) is 6.16. The van der Waals surface area contributed by atoms with Gasteiger partial charge in [0, 0.05) is 0 Å². The van der Waals surface area contributed by atoms with E-state index in [1.807, 2.05) is 12.1 Å². The second-order valence-corrected chi connectivity index (χ2v) is 9.75. The SMILES string of the molecule is CCc1cccc(P(=O)(OC2CCCCC2)OC2CCCCC2)c1CC. The van der Waals surface area contributed by atoms with Crippen LogP contribution in [0.2, 0.25) is 0 Å². The highest BCUT2D eigenvalue weighted by molar-refractivity contribution is 7.62. The Hall–Kier alpha value is -0.630. The van der Waals surface area contributed by atoms with Crippen molar-refractivity contribution < 1.29 is 13.6 Å².